The monoisotopic (exact) mass is 352 g/mol. The highest BCUT2D eigenvalue weighted by molar-refractivity contribution is 8.20. The van der Waals surface area contributed by atoms with Gasteiger partial charge >= 0.3 is 0 Å². The van der Waals surface area contributed by atoms with Crippen LogP contribution in [-0.4, -0.2) is 19.6 Å². The van der Waals surface area contributed by atoms with Crippen LogP contribution in [0.15, 0.2) is 30.3 Å². The van der Waals surface area contributed by atoms with Gasteiger partial charge in [0.2, 0.25) is 0 Å². The fraction of sp³-hybridized carbons (Fsp3) is 0.684. The van der Waals surface area contributed by atoms with Gasteiger partial charge in [-0.1, -0.05) is 71.9 Å². The molecule has 1 aromatic carbocycles. The van der Waals surface area contributed by atoms with Gasteiger partial charge in [0.1, 0.15) is 0 Å². The predicted octanol–water partition coefficient (Wildman–Crippen LogP) is 6.93. The van der Waals surface area contributed by atoms with Crippen LogP contribution in [0.1, 0.15) is 53.5 Å². The van der Waals surface area contributed by atoms with Crippen LogP contribution in [0, 0.1) is 0 Å². The molecule has 1 heterocycles. The zero-order chi connectivity index (χ0) is 16.4. The van der Waals surface area contributed by atoms with Crippen molar-refractivity contribution in [1.82, 2.24) is 0 Å². The van der Waals surface area contributed by atoms with E-state index in [9.17, 15) is 0 Å². The molecule has 2 rings (SSSR count). The van der Waals surface area contributed by atoms with Crippen LogP contribution in [0.25, 0.3) is 0 Å². The van der Waals surface area contributed by atoms with E-state index in [4.69, 9.17) is 0 Å². The molecule has 1 aliphatic rings. The average Bonchev–Trinajstić information content (AvgIpc) is 2.48. The molecule has 1 aromatic rings. The van der Waals surface area contributed by atoms with Crippen LogP contribution in [-0.2, 0) is 3.70 Å². The van der Waals surface area contributed by atoms with E-state index in [2.05, 4.69) is 95.4 Å². The maximum absolute atomic E-state index is 2.51. The summed E-state index contributed by atoms with van der Waals surface area (Å²) in [5.41, 5.74) is 3.98. The highest BCUT2D eigenvalue weighted by Crippen LogP contribution is 2.65. The average molecular weight is 353 g/mol. The standard InChI is InChI=1S/C19H32S2Si/c1-15(2)22(16(3)4,17(5)6)19(20-13-10-14-21-19)18-11-8-7-9-12-18/h7-9,11-12,15-17H,10,13-14H2,1-6H3. The molecule has 0 aromatic heterocycles. The van der Waals surface area contributed by atoms with Crippen LogP contribution >= 0.6 is 23.5 Å². The Morgan fingerprint density at radius 3 is 1.68 bits per heavy atom. The zero-order valence-electron chi connectivity index (χ0n) is 15.1. The fourth-order valence-electron chi connectivity index (χ4n) is 5.00. The molecule has 1 fully saturated rings. The molecule has 0 radical (unpaired) electrons. The summed E-state index contributed by atoms with van der Waals surface area (Å²) < 4.78 is 0.322. The van der Waals surface area contributed by atoms with Crippen molar-refractivity contribution in [3.05, 3.63) is 35.9 Å². The number of hydrogen-bond acceptors (Lipinski definition) is 2. The van der Waals surface area contributed by atoms with E-state index in [1.54, 1.807) is 5.56 Å². The van der Waals surface area contributed by atoms with Gasteiger partial charge in [0.05, 0.1) is 11.8 Å². The van der Waals surface area contributed by atoms with Crippen molar-refractivity contribution in [1.29, 1.82) is 0 Å². The first kappa shape index (κ1) is 18.5. The summed E-state index contributed by atoms with van der Waals surface area (Å²) in [6, 6.07) is 11.5. The molecule has 1 saturated heterocycles. The zero-order valence-corrected chi connectivity index (χ0v) is 17.7. The van der Waals surface area contributed by atoms with Crippen LogP contribution in [0.5, 0.6) is 0 Å². The molecule has 0 nitrogen and oxygen atoms in total. The number of hydrogen-bond donors (Lipinski definition) is 0. The first-order chi connectivity index (χ1) is 10.4. The fourth-order valence-corrected chi connectivity index (χ4v) is 21.6. The van der Waals surface area contributed by atoms with E-state index < -0.39 is 8.07 Å². The minimum atomic E-state index is -1.59. The topological polar surface area (TPSA) is 0 Å². The van der Waals surface area contributed by atoms with Crippen molar-refractivity contribution in [2.24, 2.45) is 0 Å². The molecular weight excluding hydrogens is 320 g/mol. The smallest absolute Gasteiger partial charge is 0.0975 e. The van der Waals surface area contributed by atoms with Crippen LogP contribution < -0.4 is 0 Å². The largest absolute Gasteiger partial charge is 0.143 e. The maximum Gasteiger partial charge on any atom is 0.0975 e. The third-order valence-corrected chi connectivity index (χ3v) is 18.6. The molecule has 0 spiro atoms. The summed E-state index contributed by atoms with van der Waals surface area (Å²) >= 11 is 4.56. The lowest BCUT2D eigenvalue weighted by Gasteiger charge is -2.57. The van der Waals surface area contributed by atoms with Crippen LogP contribution in [0.2, 0.25) is 16.6 Å². The highest BCUT2D eigenvalue weighted by Gasteiger charge is 2.60. The van der Waals surface area contributed by atoms with Gasteiger partial charge in [-0.25, -0.2) is 0 Å². The third kappa shape index (κ3) is 2.82. The third-order valence-electron chi connectivity index (χ3n) is 5.49. The van der Waals surface area contributed by atoms with E-state index in [1.807, 2.05) is 0 Å². The quantitative estimate of drug-likeness (QED) is 0.527. The number of benzene rings is 1. The lowest BCUT2D eigenvalue weighted by Crippen LogP contribution is -2.60. The van der Waals surface area contributed by atoms with Gasteiger partial charge in [-0.05, 0) is 40.1 Å². The van der Waals surface area contributed by atoms with Gasteiger partial charge in [-0.2, -0.15) is 0 Å². The lowest BCUT2D eigenvalue weighted by atomic mass is 10.2. The first-order valence-electron chi connectivity index (χ1n) is 8.73. The first-order valence-corrected chi connectivity index (χ1v) is 12.9. The maximum atomic E-state index is 2.51. The van der Waals surface area contributed by atoms with Gasteiger partial charge in [-0.15, -0.1) is 23.5 Å². The Kier molecular flexibility index (Phi) is 6.18. The SMILES string of the molecule is CC(C)[Si](C(C)C)(C(C)C)C1(c2ccccc2)SCCCS1. The molecule has 0 N–H and O–H groups in total. The summed E-state index contributed by atoms with van der Waals surface area (Å²) in [6.45, 7) is 15.0. The molecule has 1 aliphatic heterocycles. The Hall–Kier alpha value is 0.137. The van der Waals surface area contributed by atoms with Crippen molar-refractivity contribution >= 4 is 31.6 Å². The van der Waals surface area contributed by atoms with Gasteiger partial charge < -0.3 is 0 Å². The molecule has 124 valence electrons. The second-order valence-corrected chi connectivity index (χ2v) is 17.1. The van der Waals surface area contributed by atoms with Crippen LogP contribution in [0.3, 0.4) is 0 Å². The molecule has 3 heteroatoms. The van der Waals surface area contributed by atoms with E-state index in [1.165, 1.54) is 17.9 Å². The van der Waals surface area contributed by atoms with Crippen molar-refractivity contribution in [2.75, 3.05) is 11.5 Å². The summed E-state index contributed by atoms with van der Waals surface area (Å²) in [5, 5.41) is 0. The summed E-state index contributed by atoms with van der Waals surface area (Å²) in [5.74, 6) is 2.64. The second kappa shape index (κ2) is 7.35. The summed E-state index contributed by atoms with van der Waals surface area (Å²) in [7, 11) is -1.59. The number of thioether (sulfide) groups is 2. The number of rotatable bonds is 5. The highest BCUT2D eigenvalue weighted by atomic mass is 32.2. The van der Waals surface area contributed by atoms with Crippen molar-refractivity contribution in [2.45, 2.75) is 68.3 Å². The van der Waals surface area contributed by atoms with Crippen molar-refractivity contribution in [3.8, 4) is 0 Å². The lowest BCUT2D eigenvalue weighted by molar-refractivity contribution is 0.777. The minimum Gasteiger partial charge on any atom is -0.143 e. The van der Waals surface area contributed by atoms with Gasteiger partial charge in [0.25, 0.3) is 0 Å². The molecule has 0 aliphatic carbocycles. The molecule has 0 unspecified atom stereocenters. The summed E-state index contributed by atoms with van der Waals surface area (Å²) in [4.78, 5) is 0. The molecule has 22 heavy (non-hydrogen) atoms. The predicted molar refractivity (Wildman–Crippen MR) is 109 cm³/mol. The van der Waals surface area contributed by atoms with Crippen molar-refractivity contribution < 1.29 is 0 Å². The van der Waals surface area contributed by atoms with E-state index in [0.29, 0.717) is 3.70 Å². The van der Waals surface area contributed by atoms with Crippen LogP contribution in [0.4, 0.5) is 0 Å². The molecule has 0 atom stereocenters. The minimum absolute atomic E-state index is 0.322. The Morgan fingerprint density at radius 2 is 1.27 bits per heavy atom. The van der Waals surface area contributed by atoms with E-state index in [0.717, 1.165) is 16.6 Å². The van der Waals surface area contributed by atoms with E-state index >= 15 is 0 Å². The van der Waals surface area contributed by atoms with Gasteiger partial charge in [-0.3, -0.25) is 0 Å². The Morgan fingerprint density at radius 1 is 0.818 bits per heavy atom. The van der Waals surface area contributed by atoms with Crippen molar-refractivity contribution in [3.63, 3.8) is 0 Å². The summed E-state index contributed by atoms with van der Waals surface area (Å²) in [6.07, 6.45) is 1.36. The van der Waals surface area contributed by atoms with Gasteiger partial charge in [0.15, 0.2) is 0 Å². The normalized spacial score (nSPS) is 19.1. The molecular formula is C19H32S2Si. The Bertz CT molecular complexity index is 440. The van der Waals surface area contributed by atoms with Gasteiger partial charge in [0, 0.05) is 0 Å². The Labute approximate surface area is 147 Å². The molecule has 0 bridgehead atoms. The molecule has 0 amide bonds. The second-order valence-electron chi connectivity index (χ2n) is 7.43. The molecule has 0 saturated carbocycles. The van der Waals surface area contributed by atoms with E-state index in [-0.39, 0.29) is 0 Å². The Balaban J connectivity index is 2.69.